The monoisotopic (exact) mass is 508 g/mol. The summed E-state index contributed by atoms with van der Waals surface area (Å²) in [5, 5.41) is 3.14. The van der Waals surface area contributed by atoms with Crippen LogP contribution in [0.15, 0.2) is 24.3 Å². The summed E-state index contributed by atoms with van der Waals surface area (Å²) in [4.78, 5) is 14.9. The quantitative estimate of drug-likeness (QED) is 0.195. The van der Waals surface area contributed by atoms with Gasteiger partial charge in [-0.2, -0.15) is 0 Å². The summed E-state index contributed by atoms with van der Waals surface area (Å²) < 4.78 is 11.7. The van der Waals surface area contributed by atoms with Crippen molar-refractivity contribution in [2.45, 2.75) is 91.0 Å². The maximum atomic E-state index is 12.3. The number of carbonyl (C=O) groups is 1. The lowest BCUT2D eigenvalue weighted by Gasteiger charge is -2.26. The molecule has 5 nitrogen and oxygen atoms in total. The third kappa shape index (κ3) is 12.7. The highest BCUT2D eigenvalue weighted by Gasteiger charge is 2.18. The fourth-order valence-electron chi connectivity index (χ4n) is 4.52. The van der Waals surface area contributed by atoms with E-state index in [2.05, 4.69) is 31.0 Å². The van der Waals surface area contributed by atoms with E-state index in [0.717, 1.165) is 49.7 Å². The van der Waals surface area contributed by atoms with Crippen molar-refractivity contribution in [3.8, 4) is 11.5 Å². The molecule has 0 bridgehead atoms. The first kappa shape index (κ1) is 31.3. The van der Waals surface area contributed by atoms with E-state index in [1.165, 1.54) is 51.4 Å². The molecule has 0 aromatic heterocycles. The van der Waals surface area contributed by atoms with Gasteiger partial charge in [0.1, 0.15) is 6.61 Å². The molecule has 0 spiro atoms. The summed E-state index contributed by atoms with van der Waals surface area (Å²) in [6.07, 6.45) is 15.6. The Kier molecular flexibility index (Phi) is 16.6. The van der Waals surface area contributed by atoms with Crippen LogP contribution < -0.4 is 14.8 Å². The second kappa shape index (κ2) is 18.5. The lowest BCUT2D eigenvalue weighted by Crippen LogP contribution is -2.36. The molecule has 1 amide bonds. The zero-order valence-corrected chi connectivity index (χ0v) is 23.3. The average Bonchev–Trinajstić information content (AvgIpc) is 2.84. The molecule has 1 aromatic carbocycles. The Hall–Kier alpha value is -1.72. The minimum atomic E-state index is -0.0231. The molecular weight excluding hydrogens is 460 g/mol. The van der Waals surface area contributed by atoms with Gasteiger partial charge >= 0.3 is 0 Å². The van der Waals surface area contributed by atoms with Crippen molar-refractivity contribution in [3.05, 3.63) is 29.8 Å². The number of methoxy groups -OCH3 is 1. The Morgan fingerprint density at radius 1 is 1.00 bits per heavy atom. The molecule has 1 aliphatic carbocycles. The average molecular weight is 509 g/mol. The molecule has 0 saturated heterocycles. The molecule has 1 fully saturated rings. The van der Waals surface area contributed by atoms with Crippen LogP contribution in [0.4, 0.5) is 0 Å². The van der Waals surface area contributed by atoms with Crippen LogP contribution in [0.5, 0.6) is 11.5 Å². The van der Waals surface area contributed by atoms with Gasteiger partial charge in [-0.15, -0.1) is 12.4 Å². The minimum absolute atomic E-state index is 0. The number of halogens is 1. The number of nitrogens with zero attached hydrogens (tertiary/aromatic N) is 1. The van der Waals surface area contributed by atoms with Gasteiger partial charge in [-0.3, -0.25) is 9.69 Å². The largest absolute Gasteiger partial charge is 0.493 e. The van der Waals surface area contributed by atoms with Crippen molar-refractivity contribution >= 4 is 24.4 Å². The van der Waals surface area contributed by atoms with E-state index in [0.29, 0.717) is 18.4 Å². The Balaban J connectivity index is 0.00000612. The van der Waals surface area contributed by atoms with E-state index in [1.807, 2.05) is 24.3 Å². The molecule has 0 heterocycles. The summed E-state index contributed by atoms with van der Waals surface area (Å²) in [6, 6.07) is 6.16. The topological polar surface area (TPSA) is 50.8 Å². The molecule has 0 radical (unpaired) electrons. The van der Waals surface area contributed by atoms with Crippen LogP contribution in [-0.2, 0) is 4.79 Å². The number of carbonyl (C=O) groups excluding carboxylic acids is 1. The molecule has 0 aliphatic heterocycles. The second-order valence-corrected chi connectivity index (χ2v) is 9.81. The van der Waals surface area contributed by atoms with Gasteiger partial charge in [-0.05, 0) is 81.3 Å². The van der Waals surface area contributed by atoms with Crippen LogP contribution in [-0.4, -0.2) is 50.2 Å². The van der Waals surface area contributed by atoms with E-state index in [9.17, 15) is 4.79 Å². The van der Waals surface area contributed by atoms with Gasteiger partial charge in [0.2, 0.25) is 5.91 Å². The Labute approximate surface area is 220 Å². The summed E-state index contributed by atoms with van der Waals surface area (Å²) in [7, 11) is 1.66. The number of benzene rings is 1. The maximum Gasteiger partial charge on any atom is 0.244 e. The summed E-state index contributed by atoms with van der Waals surface area (Å²) in [6.45, 7) is 10.6. The van der Waals surface area contributed by atoms with Crippen molar-refractivity contribution in [2.24, 2.45) is 5.92 Å². The van der Waals surface area contributed by atoms with Crippen molar-refractivity contribution in [1.82, 2.24) is 10.2 Å². The van der Waals surface area contributed by atoms with Crippen LogP contribution in [0, 0.1) is 5.92 Å². The second-order valence-electron chi connectivity index (χ2n) is 9.81. The zero-order valence-electron chi connectivity index (χ0n) is 22.5. The van der Waals surface area contributed by atoms with E-state index in [1.54, 1.807) is 13.2 Å². The van der Waals surface area contributed by atoms with Crippen LogP contribution in [0.25, 0.3) is 6.08 Å². The first-order chi connectivity index (χ1) is 16.5. The van der Waals surface area contributed by atoms with Crippen LogP contribution in [0.2, 0.25) is 0 Å². The molecule has 0 atom stereocenters. The molecule has 1 N–H and O–H groups in total. The van der Waals surface area contributed by atoms with Gasteiger partial charge < -0.3 is 14.8 Å². The SMILES string of the molecule is CCCCCN(CCCCC)CCOc1ccc(C=CC(=O)N[C@H]2CC[C@H](C)CC2)cc1OC.Cl. The number of rotatable bonds is 16. The normalized spacial score (nSPS) is 17.9. The predicted molar refractivity (Wildman–Crippen MR) is 150 cm³/mol. The number of hydrogen-bond donors (Lipinski definition) is 1. The molecule has 0 unspecified atom stereocenters. The van der Waals surface area contributed by atoms with E-state index < -0.39 is 0 Å². The van der Waals surface area contributed by atoms with Crippen molar-refractivity contribution < 1.29 is 14.3 Å². The molecule has 1 saturated carbocycles. The van der Waals surface area contributed by atoms with Gasteiger partial charge in [-0.1, -0.05) is 52.5 Å². The first-order valence-corrected chi connectivity index (χ1v) is 13.6. The standard InChI is InChI=1S/C29H48N2O3.ClH/c1-5-7-9-19-31(20-10-8-6-2)21-22-34-27-17-13-25(23-28(27)33-4)14-18-29(32)30-26-15-11-24(3)12-16-26;/h13-14,17-18,23-24,26H,5-12,15-16,19-22H2,1-4H3,(H,30,32);1H/t24-,26-;. The highest BCUT2D eigenvalue weighted by atomic mass is 35.5. The summed E-state index contributed by atoms with van der Waals surface area (Å²) in [5.74, 6) is 2.21. The van der Waals surface area contributed by atoms with Gasteiger partial charge in [0.25, 0.3) is 0 Å². The highest BCUT2D eigenvalue weighted by Crippen LogP contribution is 2.28. The number of amides is 1. The van der Waals surface area contributed by atoms with Crippen molar-refractivity contribution in [1.29, 1.82) is 0 Å². The fourth-order valence-corrected chi connectivity index (χ4v) is 4.52. The molecule has 1 aliphatic rings. The van der Waals surface area contributed by atoms with E-state index in [-0.39, 0.29) is 18.3 Å². The summed E-state index contributed by atoms with van der Waals surface area (Å²) in [5.41, 5.74) is 0.928. The predicted octanol–water partition coefficient (Wildman–Crippen LogP) is 6.89. The smallest absolute Gasteiger partial charge is 0.244 e. The van der Waals surface area contributed by atoms with Crippen LogP contribution in [0.3, 0.4) is 0 Å². The van der Waals surface area contributed by atoms with E-state index >= 15 is 0 Å². The number of ether oxygens (including phenoxy) is 2. The molecule has 200 valence electrons. The molecule has 1 aromatic rings. The minimum Gasteiger partial charge on any atom is -0.493 e. The van der Waals surface area contributed by atoms with Crippen LogP contribution >= 0.6 is 12.4 Å². The number of unbranched alkanes of at least 4 members (excludes halogenated alkanes) is 4. The maximum absolute atomic E-state index is 12.3. The van der Waals surface area contributed by atoms with Crippen molar-refractivity contribution in [3.63, 3.8) is 0 Å². The van der Waals surface area contributed by atoms with Gasteiger partial charge in [0.15, 0.2) is 11.5 Å². The van der Waals surface area contributed by atoms with Gasteiger partial charge in [0.05, 0.1) is 7.11 Å². The highest BCUT2D eigenvalue weighted by molar-refractivity contribution is 5.92. The molecule has 6 heteroatoms. The third-order valence-corrected chi connectivity index (χ3v) is 6.80. The number of hydrogen-bond acceptors (Lipinski definition) is 4. The molecule has 35 heavy (non-hydrogen) atoms. The van der Waals surface area contributed by atoms with Crippen molar-refractivity contribution in [2.75, 3.05) is 33.4 Å². The van der Waals surface area contributed by atoms with Gasteiger partial charge in [-0.25, -0.2) is 0 Å². The Morgan fingerprint density at radius 3 is 2.26 bits per heavy atom. The lowest BCUT2D eigenvalue weighted by atomic mass is 9.87. The first-order valence-electron chi connectivity index (χ1n) is 13.6. The van der Waals surface area contributed by atoms with Gasteiger partial charge in [0, 0.05) is 18.7 Å². The Bertz CT molecular complexity index is 723. The Morgan fingerprint density at radius 2 is 1.66 bits per heavy atom. The third-order valence-electron chi connectivity index (χ3n) is 6.80. The lowest BCUT2D eigenvalue weighted by molar-refractivity contribution is -0.117. The molecular formula is C29H49ClN2O3. The summed E-state index contributed by atoms with van der Waals surface area (Å²) >= 11 is 0. The van der Waals surface area contributed by atoms with Crippen LogP contribution in [0.1, 0.15) is 90.5 Å². The molecule has 2 rings (SSSR count). The van der Waals surface area contributed by atoms with E-state index in [4.69, 9.17) is 9.47 Å². The fraction of sp³-hybridized carbons (Fsp3) is 0.690. The zero-order chi connectivity index (χ0) is 24.6. The number of nitrogens with one attached hydrogen (secondary N) is 1.